The van der Waals surface area contributed by atoms with Crippen molar-refractivity contribution in [2.24, 2.45) is 0 Å². The summed E-state index contributed by atoms with van der Waals surface area (Å²) in [6.45, 7) is 0. The van der Waals surface area contributed by atoms with Crippen molar-refractivity contribution in [2.75, 3.05) is 5.32 Å². The number of amides is 1. The van der Waals surface area contributed by atoms with Crippen LogP contribution in [0.15, 0.2) is 54.0 Å². The van der Waals surface area contributed by atoms with Crippen LogP contribution in [0.5, 0.6) is 0 Å². The number of fused-ring (bicyclic) bond motifs is 1. The van der Waals surface area contributed by atoms with Gasteiger partial charge in [-0.15, -0.1) is 11.3 Å². The second kappa shape index (κ2) is 6.31. The minimum absolute atomic E-state index is 0.114. The highest BCUT2D eigenvalue weighted by Gasteiger charge is 2.15. The molecule has 2 N–H and O–H groups in total. The summed E-state index contributed by atoms with van der Waals surface area (Å²) >= 11 is 7.10. The maximum atomic E-state index is 13.8. The topological polar surface area (TPSA) is 57.8 Å². The predicted molar refractivity (Wildman–Crippen MR) is 98.8 cm³/mol. The third-order valence-electron chi connectivity index (χ3n) is 3.76. The van der Waals surface area contributed by atoms with Crippen LogP contribution < -0.4 is 5.32 Å². The molecule has 0 radical (unpaired) electrons. The molecule has 0 aliphatic heterocycles. The third kappa shape index (κ3) is 3.01. The molecule has 0 bridgehead atoms. The maximum Gasteiger partial charge on any atom is 0.260 e. The molecular formula is C18H11ClFN3OS. The first-order valence-electron chi connectivity index (χ1n) is 7.40. The van der Waals surface area contributed by atoms with E-state index in [1.165, 1.54) is 23.5 Å². The molecule has 4 rings (SSSR count). The van der Waals surface area contributed by atoms with Crippen molar-refractivity contribution in [3.8, 4) is 11.3 Å². The number of aromatic nitrogens is 2. The Labute approximate surface area is 151 Å². The van der Waals surface area contributed by atoms with Crippen LogP contribution in [-0.4, -0.2) is 15.9 Å². The molecule has 2 heterocycles. The Kier molecular flexibility index (Phi) is 3.99. The van der Waals surface area contributed by atoms with Crippen LogP contribution >= 0.6 is 22.9 Å². The number of para-hydroxylation sites is 1. The standard InChI is InChI=1S/C18H11ClFN3OS/c19-10-5-6-14(20)12(7-10)17(24)23-18-22-16(9-25-18)13-8-21-15-4-2-1-3-11(13)15/h1-9,21H,(H,22,23,24). The van der Waals surface area contributed by atoms with Crippen LogP contribution in [0.3, 0.4) is 0 Å². The SMILES string of the molecule is O=C(Nc1nc(-c2c[nH]c3ccccc23)cs1)c1cc(Cl)ccc1F. The zero-order valence-corrected chi connectivity index (χ0v) is 14.3. The molecule has 0 fully saturated rings. The minimum Gasteiger partial charge on any atom is -0.360 e. The van der Waals surface area contributed by atoms with E-state index in [-0.39, 0.29) is 5.56 Å². The molecule has 2 aromatic carbocycles. The highest BCUT2D eigenvalue weighted by atomic mass is 35.5. The van der Waals surface area contributed by atoms with E-state index in [4.69, 9.17) is 11.6 Å². The Morgan fingerprint density at radius 2 is 2.08 bits per heavy atom. The predicted octanol–water partition coefficient (Wildman–Crippen LogP) is 5.34. The molecule has 0 saturated heterocycles. The van der Waals surface area contributed by atoms with Gasteiger partial charge in [-0.05, 0) is 24.3 Å². The molecule has 0 saturated carbocycles. The summed E-state index contributed by atoms with van der Waals surface area (Å²) < 4.78 is 13.8. The quantitative estimate of drug-likeness (QED) is 0.511. The van der Waals surface area contributed by atoms with Gasteiger partial charge in [0.1, 0.15) is 5.82 Å². The Hall–Kier alpha value is -2.70. The molecule has 0 aliphatic carbocycles. The summed E-state index contributed by atoms with van der Waals surface area (Å²) in [5.41, 5.74) is 2.58. The van der Waals surface area contributed by atoms with Gasteiger partial charge in [0, 0.05) is 33.1 Å². The van der Waals surface area contributed by atoms with E-state index in [1.54, 1.807) is 0 Å². The van der Waals surface area contributed by atoms with E-state index in [0.29, 0.717) is 10.2 Å². The molecule has 25 heavy (non-hydrogen) atoms. The number of thiazole rings is 1. The van der Waals surface area contributed by atoms with E-state index in [9.17, 15) is 9.18 Å². The fourth-order valence-corrected chi connectivity index (χ4v) is 3.45. The Balaban J connectivity index is 1.61. The monoisotopic (exact) mass is 371 g/mol. The van der Waals surface area contributed by atoms with Crippen molar-refractivity contribution in [3.05, 3.63) is 70.4 Å². The molecule has 1 amide bonds. The number of H-pyrrole nitrogens is 1. The molecule has 124 valence electrons. The van der Waals surface area contributed by atoms with Gasteiger partial charge in [-0.2, -0.15) is 0 Å². The number of nitrogens with one attached hydrogen (secondary N) is 2. The number of nitrogens with zero attached hydrogens (tertiary/aromatic N) is 1. The van der Waals surface area contributed by atoms with Gasteiger partial charge in [0.05, 0.1) is 11.3 Å². The molecule has 0 spiro atoms. The number of rotatable bonds is 3. The minimum atomic E-state index is -0.629. The average molecular weight is 372 g/mol. The van der Waals surface area contributed by atoms with Gasteiger partial charge < -0.3 is 4.98 Å². The summed E-state index contributed by atoms with van der Waals surface area (Å²) in [5.74, 6) is -1.21. The molecule has 0 aliphatic rings. The molecular weight excluding hydrogens is 361 g/mol. The molecule has 0 atom stereocenters. The van der Waals surface area contributed by atoms with Crippen LogP contribution in [0.4, 0.5) is 9.52 Å². The van der Waals surface area contributed by atoms with Crippen molar-refractivity contribution in [1.82, 2.24) is 9.97 Å². The summed E-state index contributed by atoms with van der Waals surface area (Å²) in [4.78, 5) is 19.9. The lowest BCUT2D eigenvalue weighted by molar-refractivity contribution is 0.102. The lowest BCUT2D eigenvalue weighted by Gasteiger charge is -2.03. The van der Waals surface area contributed by atoms with E-state index < -0.39 is 11.7 Å². The van der Waals surface area contributed by atoms with Crippen molar-refractivity contribution in [2.45, 2.75) is 0 Å². The number of carbonyl (C=O) groups excluding carboxylic acids is 1. The molecule has 4 aromatic rings. The molecule has 0 unspecified atom stereocenters. The molecule has 4 nitrogen and oxygen atoms in total. The number of hydrogen-bond donors (Lipinski definition) is 2. The summed E-state index contributed by atoms with van der Waals surface area (Å²) in [5, 5.41) is 6.20. The van der Waals surface area contributed by atoms with Gasteiger partial charge in [0.25, 0.3) is 5.91 Å². The number of benzene rings is 2. The zero-order valence-electron chi connectivity index (χ0n) is 12.7. The average Bonchev–Trinajstić information content (AvgIpc) is 3.23. The van der Waals surface area contributed by atoms with Gasteiger partial charge in [-0.3, -0.25) is 10.1 Å². The summed E-state index contributed by atoms with van der Waals surface area (Å²) in [6, 6.07) is 11.7. The van der Waals surface area contributed by atoms with E-state index in [1.807, 2.05) is 35.8 Å². The van der Waals surface area contributed by atoms with Crippen LogP contribution in [0.2, 0.25) is 5.02 Å². The third-order valence-corrected chi connectivity index (χ3v) is 4.76. The van der Waals surface area contributed by atoms with Gasteiger partial charge in [-0.25, -0.2) is 9.37 Å². The van der Waals surface area contributed by atoms with E-state index >= 15 is 0 Å². The van der Waals surface area contributed by atoms with Crippen molar-refractivity contribution in [3.63, 3.8) is 0 Å². The van der Waals surface area contributed by atoms with Crippen LogP contribution in [-0.2, 0) is 0 Å². The molecule has 7 heteroatoms. The van der Waals surface area contributed by atoms with Crippen molar-refractivity contribution >= 4 is 44.9 Å². The second-order valence-corrected chi connectivity index (χ2v) is 6.66. The van der Waals surface area contributed by atoms with E-state index in [0.717, 1.165) is 28.2 Å². The zero-order chi connectivity index (χ0) is 17.4. The van der Waals surface area contributed by atoms with Crippen LogP contribution in [0, 0.1) is 5.82 Å². The highest BCUT2D eigenvalue weighted by Crippen LogP contribution is 2.31. The van der Waals surface area contributed by atoms with Gasteiger partial charge >= 0.3 is 0 Å². The largest absolute Gasteiger partial charge is 0.360 e. The first-order chi connectivity index (χ1) is 12.1. The van der Waals surface area contributed by atoms with E-state index in [2.05, 4.69) is 15.3 Å². The Bertz CT molecular complexity index is 1090. The van der Waals surface area contributed by atoms with Crippen LogP contribution in [0.25, 0.3) is 22.2 Å². The van der Waals surface area contributed by atoms with Gasteiger partial charge in [0.2, 0.25) is 0 Å². The smallest absolute Gasteiger partial charge is 0.260 e. The molecule has 2 aromatic heterocycles. The number of anilines is 1. The number of carbonyl (C=O) groups is 1. The normalized spacial score (nSPS) is 11.0. The lowest BCUT2D eigenvalue weighted by atomic mass is 10.1. The van der Waals surface area contributed by atoms with Crippen molar-refractivity contribution < 1.29 is 9.18 Å². The first kappa shape index (κ1) is 15.8. The summed E-state index contributed by atoms with van der Waals surface area (Å²) in [7, 11) is 0. The number of aromatic amines is 1. The van der Waals surface area contributed by atoms with Crippen LogP contribution in [0.1, 0.15) is 10.4 Å². The first-order valence-corrected chi connectivity index (χ1v) is 8.66. The van der Waals surface area contributed by atoms with Gasteiger partial charge in [0.15, 0.2) is 5.13 Å². The fourth-order valence-electron chi connectivity index (χ4n) is 2.57. The van der Waals surface area contributed by atoms with Gasteiger partial charge in [-0.1, -0.05) is 29.8 Å². The fraction of sp³-hybridized carbons (Fsp3) is 0. The Morgan fingerprint density at radius 3 is 2.96 bits per heavy atom. The highest BCUT2D eigenvalue weighted by molar-refractivity contribution is 7.14. The lowest BCUT2D eigenvalue weighted by Crippen LogP contribution is -2.13. The second-order valence-electron chi connectivity index (χ2n) is 5.36. The van der Waals surface area contributed by atoms with Crippen molar-refractivity contribution in [1.29, 1.82) is 0 Å². The Morgan fingerprint density at radius 1 is 1.24 bits per heavy atom. The maximum absolute atomic E-state index is 13.8. The number of halogens is 2. The number of hydrogen-bond acceptors (Lipinski definition) is 3. The summed E-state index contributed by atoms with van der Waals surface area (Å²) in [6.07, 6.45) is 1.88.